The summed E-state index contributed by atoms with van der Waals surface area (Å²) < 4.78 is 5.50. The lowest BCUT2D eigenvalue weighted by molar-refractivity contribution is 0.0683. The van der Waals surface area contributed by atoms with Crippen molar-refractivity contribution in [2.75, 3.05) is 11.9 Å². The van der Waals surface area contributed by atoms with E-state index >= 15 is 0 Å². The van der Waals surface area contributed by atoms with Crippen molar-refractivity contribution in [3.63, 3.8) is 0 Å². The molecule has 2 aliphatic carbocycles. The van der Waals surface area contributed by atoms with Gasteiger partial charge >= 0.3 is 12.1 Å². The zero-order valence-electron chi connectivity index (χ0n) is 16.0. The van der Waals surface area contributed by atoms with Crippen LogP contribution in [0.5, 0.6) is 0 Å². The molecule has 1 saturated carbocycles. The number of fused-ring (bicyclic) bond motifs is 3. The maximum Gasteiger partial charge on any atom is 0.412 e. The molecule has 2 N–H and O–H groups in total. The van der Waals surface area contributed by atoms with Crippen LogP contribution in [0, 0.1) is 0 Å². The van der Waals surface area contributed by atoms with Crippen molar-refractivity contribution in [2.45, 2.75) is 24.7 Å². The van der Waals surface area contributed by atoms with Gasteiger partial charge in [0.2, 0.25) is 5.82 Å². The number of amides is 1. The second-order valence-electron chi connectivity index (χ2n) is 7.53. The highest BCUT2D eigenvalue weighted by atomic mass is 16.5. The minimum atomic E-state index is -1.23. The number of aromatic nitrogens is 2. The summed E-state index contributed by atoms with van der Waals surface area (Å²) in [4.78, 5) is 31.7. The second-order valence-corrected chi connectivity index (χ2v) is 7.53. The molecule has 30 heavy (non-hydrogen) atoms. The lowest BCUT2D eigenvalue weighted by Gasteiger charge is -2.14. The van der Waals surface area contributed by atoms with Crippen LogP contribution < -0.4 is 5.32 Å². The van der Waals surface area contributed by atoms with Gasteiger partial charge < -0.3 is 9.84 Å². The Labute approximate surface area is 172 Å². The molecule has 5 rings (SSSR count). The maximum atomic E-state index is 12.4. The summed E-state index contributed by atoms with van der Waals surface area (Å²) in [7, 11) is 0. The Morgan fingerprint density at radius 3 is 2.23 bits per heavy atom. The van der Waals surface area contributed by atoms with Crippen LogP contribution in [0.25, 0.3) is 11.1 Å². The van der Waals surface area contributed by atoms with Crippen LogP contribution in [0.15, 0.2) is 54.6 Å². The Kier molecular flexibility index (Phi) is 4.43. The number of benzene rings is 2. The molecule has 3 aromatic rings. The van der Waals surface area contributed by atoms with Crippen molar-refractivity contribution in [3.8, 4) is 11.1 Å². The predicted molar refractivity (Wildman–Crippen MR) is 110 cm³/mol. The number of ether oxygens (including phenoxy) is 1. The van der Waals surface area contributed by atoms with Gasteiger partial charge in [0, 0.05) is 23.6 Å². The number of hydrogen-bond acceptors (Lipinski definition) is 5. The predicted octanol–water partition coefficient (Wildman–Crippen LogP) is 4.41. The number of nitrogens with zero attached hydrogens (tertiary/aromatic N) is 2. The number of carboxylic acids is 1. The van der Waals surface area contributed by atoms with Gasteiger partial charge in [0.25, 0.3) is 0 Å². The van der Waals surface area contributed by atoms with Gasteiger partial charge in [-0.1, -0.05) is 48.5 Å². The van der Waals surface area contributed by atoms with Crippen LogP contribution in [0.2, 0.25) is 0 Å². The Morgan fingerprint density at radius 1 is 1.00 bits per heavy atom. The first-order valence-corrected chi connectivity index (χ1v) is 9.84. The van der Waals surface area contributed by atoms with Gasteiger partial charge in [0.05, 0.1) is 0 Å². The van der Waals surface area contributed by atoms with Crippen molar-refractivity contribution < 1.29 is 19.4 Å². The maximum absolute atomic E-state index is 12.4. The zero-order valence-corrected chi connectivity index (χ0v) is 16.0. The molecule has 0 radical (unpaired) electrons. The molecule has 0 spiro atoms. The van der Waals surface area contributed by atoms with Crippen molar-refractivity contribution in [1.29, 1.82) is 0 Å². The van der Waals surface area contributed by atoms with E-state index in [0.717, 1.165) is 35.1 Å². The van der Waals surface area contributed by atoms with Crippen LogP contribution in [-0.2, 0) is 4.74 Å². The van der Waals surface area contributed by atoms with Crippen LogP contribution in [0.3, 0.4) is 0 Å². The Hall–Kier alpha value is -3.74. The average Bonchev–Trinajstić information content (AvgIpc) is 3.55. The molecule has 7 nitrogen and oxygen atoms in total. The molecule has 150 valence electrons. The van der Waals surface area contributed by atoms with E-state index in [4.69, 9.17) is 4.74 Å². The molecule has 0 atom stereocenters. The SMILES string of the molecule is O=C(Nc1cc(C2CC2)nc(C(=O)O)n1)OCC1c2ccccc2-c2ccccc21. The Morgan fingerprint density at radius 2 is 1.63 bits per heavy atom. The van der Waals surface area contributed by atoms with Gasteiger partial charge in [-0.3, -0.25) is 5.32 Å². The molecule has 2 aromatic carbocycles. The summed E-state index contributed by atoms with van der Waals surface area (Å²) in [5.74, 6) is -1.23. The van der Waals surface area contributed by atoms with E-state index in [0.29, 0.717) is 5.69 Å². The quantitative estimate of drug-likeness (QED) is 0.657. The molecule has 0 unspecified atom stereocenters. The summed E-state index contributed by atoms with van der Waals surface area (Å²) in [5.41, 5.74) is 5.18. The van der Waals surface area contributed by atoms with Gasteiger partial charge in [-0.25, -0.2) is 19.6 Å². The zero-order chi connectivity index (χ0) is 20.7. The summed E-state index contributed by atoms with van der Waals surface area (Å²) in [6.07, 6.45) is 1.25. The standard InChI is InChI=1S/C23H19N3O4/c27-22(28)21-24-19(13-9-10-13)11-20(25-21)26-23(29)30-12-18-16-7-3-1-5-14(16)15-6-2-4-8-17(15)18/h1-8,11,13,18H,9-10,12H2,(H,27,28)(H,24,25,26,29). The molecule has 1 fully saturated rings. The smallest absolute Gasteiger partial charge is 0.412 e. The van der Waals surface area contributed by atoms with Gasteiger partial charge in [-0.15, -0.1) is 0 Å². The van der Waals surface area contributed by atoms with Gasteiger partial charge in [0.1, 0.15) is 12.4 Å². The van der Waals surface area contributed by atoms with Gasteiger partial charge in [0.15, 0.2) is 0 Å². The first-order chi connectivity index (χ1) is 14.6. The molecule has 1 aromatic heterocycles. The van der Waals surface area contributed by atoms with Crippen molar-refractivity contribution in [1.82, 2.24) is 9.97 Å². The first-order valence-electron chi connectivity index (χ1n) is 9.84. The number of aromatic carboxylic acids is 1. The van der Waals surface area contributed by atoms with Crippen molar-refractivity contribution >= 4 is 17.9 Å². The van der Waals surface area contributed by atoms with Crippen molar-refractivity contribution in [3.05, 3.63) is 77.2 Å². The third-order valence-corrected chi connectivity index (χ3v) is 5.51. The lowest BCUT2D eigenvalue weighted by Crippen LogP contribution is -2.19. The topological polar surface area (TPSA) is 101 Å². The molecule has 1 heterocycles. The summed E-state index contributed by atoms with van der Waals surface area (Å²) in [6, 6.07) is 17.8. The van der Waals surface area contributed by atoms with Crippen LogP contribution >= 0.6 is 0 Å². The fourth-order valence-electron chi connectivity index (χ4n) is 3.95. The summed E-state index contributed by atoms with van der Waals surface area (Å²) in [5, 5.41) is 11.8. The van der Waals surface area contributed by atoms with Gasteiger partial charge in [-0.05, 0) is 35.1 Å². The first kappa shape index (κ1) is 18.3. The number of rotatable bonds is 5. The molecule has 0 bridgehead atoms. The van der Waals surface area contributed by atoms with Gasteiger partial charge in [-0.2, -0.15) is 0 Å². The van der Waals surface area contributed by atoms with E-state index in [1.54, 1.807) is 6.07 Å². The molecule has 1 amide bonds. The molecule has 0 saturated heterocycles. The number of carboxylic acid groups (broad SMARTS) is 1. The minimum absolute atomic E-state index is 0.0508. The highest BCUT2D eigenvalue weighted by Crippen LogP contribution is 2.44. The number of nitrogens with one attached hydrogen (secondary N) is 1. The fraction of sp³-hybridized carbons (Fsp3) is 0.217. The second kappa shape index (κ2) is 7.26. The van der Waals surface area contributed by atoms with Crippen LogP contribution in [0.1, 0.15) is 52.1 Å². The summed E-state index contributed by atoms with van der Waals surface area (Å²) in [6.45, 7) is 0.173. The number of carbonyl (C=O) groups excluding carboxylic acids is 1. The van der Waals surface area contributed by atoms with Crippen LogP contribution in [0.4, 0.5) is 10.6 Å². The molecule has 2 aliphatic rings. The highest BCUT2D eigenvalue weighted by molar-refractivity contribution is 5.87. The van der Waals surface area contributed by atoms with E-state index in [2.05, 4.69) is 27.4 Å². The van der Waals surface area contributed by atoms with E-state index < -0.39 is 12.1 Å². The fourth-order valence-corrected chi connectivity index (χ4v) is 3.95. The lowest BCUT2D eigenvalue weighted by atomic mass is 9.98. The Balaban J connectivity index is 1.32. The molecular formula is C23H19N3O4. The third kappa shape index (κ3) is 3.39. The van der Waals surface area contributed by atoms with E-state index in [1.807, 2.05) is 36.4 Å². The largest absolute Gasteiger partial charge is 0.475 e. The number of hydrogen-bond donors (Lipinski definition) is 2. The minimum Gasteiger partial charge on any atom is -0.475 e. The number of carbonyl (C=O) groups is 2. The molecule has 0 aliphatic heterocycles. The van der Waals surface area contributed by atoms with E-state index in [1.165, 1.54) is 0 Å². The van der Waals surface area contributed by atoms with Crippen LogP contribution in [-0.4, -0.2) is 33.7 Å². The normalized spacial score (nSPS) is 14.7. The summed E-state index contributed by atoms with van der Waals surface area (Å²) >= 11 is 0. The monoisotopic (exact) mass is 401 g/mol. The average molecular weight is 401 g/mol. The third-order valence-electron chi connectivity index (χ3n) is 5.51. The Bertz CT molecular complexity index is 1110. The van der Waals surface area contributed by atoms with E-state index in [9.17, 15) is 14.7 Å². The molecule has 7 heteroatoms. The van der Waals surface area contributed by atoms with E-state index in [-0.39, 0.29) is 30.1 Å². The molecular weight excluding hydrogens is 382 g/mol. The highest BCUT2D eigenvalue weighted by Gasteiger charge is 2.30. The van der Waals surface area contributed by atoms with Crippen molar-refractivity contribution in [2.24, 2.45) is 0 Å². The number of anilines is 1.